The first-order valence-corrected chi connectivity index (χ1v) is 4.41. The molecule has 0 rings (SSSR count). The third-order valence-corrected chi connectivity index (χ3v) is 1.24. The van der Waals surface area contributed by atoms with Gasteiger partial charge in [-0.3, -0.25) is 4.99 Å². The molecule has 2 nitrogen and oxygen atoms in total. The van der Waals surface area contributed by atoms with E-state index in [0.717, 1.165) is 6.54 Å². The molecule has 0 bridgehead atoms. The van der Waals surface area contributed by atoms with Gasteiger partial charge in [-0.15, -0.1) is 0 Å². The lowest BCUT2D eigenvalue weighted by molar-refractivity contribution is 0.809. The minimum atomic E-state index is 0.948. The van der Waals surface area contributed by atoms with Crippen molar-refractivity contribution in [1.29, 1.82) is 0 Å². The number of hydrogen-bond acceptors (Lipinski definition) is 2. The van der Waals surface area contributed by atoms with Gasteiger partial charge in [0.15, 0.2) is 0 Å². The molecule has 0 fully saturated rings. The summed E-state index contributed by atoms with van der Waals surface area (Å²) in [5, 5.41) is 0. The summed E-state index contributed by atoms with van der Waals surface area (Å²) in [5.74, 6) is 0. The average molecular weight is 146 g/mol. The van der Waals surface area contributed by atoms with E-state index in [1.807, 2.05) is 6.26 Å². The first kappa shape index (κ1) is 8.82. The van der Waals surface area contributed by atoms with Crippen molar-refractivity contribution in [1.82, 2.24) is 4.72 Å². The van der Waals surface area contributed by atoms with E-state index >= 15 is 0 Å². The van der Waals surface area contributed by atoms with Gasteiger partial charge in [-0.1, -0.05) is 25.3 Å². The molecular formula is C6H14N2S. The fraction of sp³-hybridized carbons (Fsp3) is 0.833. The van der Waals surface area contributed by atoms with E-state index in [-0.39, 0.29) is 0 Å². The van der Waals surface area contributed by atoms with Gasteiger partial charge >= 0.3 is 0 Å². The maximum Gasteiger partial charge on any atom is 0.0922 e. The molecule has 9 heavy (non-hydrogen) atoms. The van der Waals surface area contributed by atoms with E-state index in [9.17, 15) is 0 Å². The van der Waals surface area contributed by atoms with Crippen LogP contribution in [-0.2, 0) is 0 Å². The third kappa shape index (κ3) is 7.82. The zero-order valence-electron chi connectivity index (χ0n) is 6.05. The molecule has 0 atom stereocenters. The lowest BCUT2D eigenvalue weighted by atomic mass is 10.3. The second kappa shape index (κ2) is 7.82. The van der Waals surface area contributed by atoms with Crippen LogP contribution in [0.25, 0.3) is 0 Å². The van der Waals surface area contributed by atoms with E-state index in [4.69, 9.17) is 0 Å². The quantitative estimate of drug-likeness (QED) is 0.276. The van der Waals surface area contributed by atoms with Crippen molar-refractivity contribution in [3.05, 3.63) is 0 Å². The first-order chi connectivity index (χ1) is 4.41. The van der Waals surface area contributed by atoms with Crippen molar-refractivity contribution >= 4 is 18.3 Å². The topological polar surface area (TPSA) is 24.4 Å². The number of nitrogens with zero attached hydrogens (tertiary/aromatic N) is 1. The van der Waals surface area contributed by atoms with Crippen LogP contribution < -0.4 is 4.72 Å². The summed E-state index contributed by atoms with van der Waals surface area (Å²) in [7, 11) is 0. The van der Waals surface area contributed by atoms with Crippen LogP contribution in [0.15, 0.2) is 4.99 Å². The Kier molecular flexibility index (Phi) is 7.66. The fourth-order valence-electron chi connectivity index (χ4n) is 0.404. The van der Waals surface area contributed by atoms with Crippen LogP contribution in [0.4, 0.5) is 0 Å². The zero-order chi connectivity index (χ0) is 6.95. The van der Waals surface area contributed by atoms with Crippen LogP contribution in [-0.4, -0.2) is 19.1 Å². The van der Waals surface area contributed by atoms with Crippen molar-refractivity contribution in [2.45, 2.75) is 19.8 Å². The molecule has 1 N–H and O–H groups in total. The average Bonchev–Trinajstić information content (AvgIpc) is 1.89. The van der Waals surface area contributed by atoms with Gasteiger partial charge in [0.2, 0.25) is 0 Å². The van der Waals surface area contributed by atoms with Crippen molar-refractivity contribution < 1.29 is 0 Å². The van der Waals surface area contributed by atoms with Crippen LogP contribution in [0.3, 0.4) is 0 Å². The van der Waals surface area contributed by atoms with Gasteiger partial charge in [0.05, 0.1) is 6.34 Å². The number of hydrogen-bond donors (Lipinski definition) is 1. The summed E-state index contributed by atoms with van der Waals surface area (Å²) >= 11 is 1.56. The third-order valence-electron chi connectivity index (χ3n) is 0.903. The van der Waals surface area contributed by atoms with Gasteiger partial charge in [0, 0.05) is 12.8 Å². The van der Waals surface area contributed by atoms with Gasteiger partial charge in [0.1, 0.15) is 0 Å². The number of aliphatic imine (C=N–C) groups is 1. The molecule has 0 heterocycles. The van der Waals surface area contributed by atoms with E-state index < -0.39 is 0 Å². The first-order valence-electron chi connectivity index (χ1n) is 3.18. The summed E-state index contributed by atoms with van der Waals surface area (Å²) in [6, 6.07) is 0. The molecule has 0 radical (unpaired) electrons. The van der Waals surface area contributed by atoms with Crippen molar-refractivity contribution in [2.75, 3.05) is 12.8 Å². The Hall–Kier alpha value is -0.180. The molecule has 0 saturated heterocycles. The largest absolute Gasteiger partial charge is 0.321 e. The maximum atomic E-state index is 4.09. The zero-order valence-corrected chi connectivity index (χ0v) is 6.87. The molecule has 0 aromatic carbocycles. The van der Waals surface area contributed by atoms with Crippen LogP contribution in [0.1, 0.15) is 19.8 Å². The molecule has 3 heteroatoms. The lowest BCUT2D eigenvalue weighted by Crippen LogP contribution is -1.97. The van der Waals surface area contributed by atoms with Crippen molar-refractivity contribution in [3.63, 3.8) is 0 Å². The maximum absolute atomic E-state index is 4.09. The Bertz CT molecular complexity index is 73.5. The van der Waals surface area contributed by atoms with E-state index in [0.29, 0.717) is 0 Å². The van der Waals surface area contributed by atoms with Gasteiger partial charge < -0.3 is 4.72 Å². The lowest BCUT2D eigenvalue weighted by Gasteiger charge is -1.90. The van der Waals surface area contributed by atoms with Gasteiger partial charge in [-0.2, -0.15) is 0 Å². The van der Waals surface area contributed by atoms with Gasteiger partial charge in [0.25, 0.3) is 0 Å². The summed E-state index contributed by atoms with van der Waals surface area (Å²) < 4.78 is 2.93. The highest BCUT2D eigenvalue weighted by Crippen LogP contribution is 1.85. The second-order valence-corrected chi connectivity index (χ2v) is 2.35. The summed E-state index contributed by atoms with van der Waals surface area (Å²) in [5.41, 5.74) is 0. The molecule has 0 amide bonds. The minimum absolute atomic E-state index is 0.948. The highest BCUT2D eigenvalue weighted by atomic mass is 32.2. The normalized spacial score (nSPS) is 10.4. The monoisotopic (exact) mass is 146 g/mol. The van der Waals surface area contributed by atoms with Crippen LogP contribution in [0.2, 0.25) is 0 Å². The Morgan fingerprint density at radius 1 is 1.67 bits per heavy atom. The molecular weight excluding hydrogens is 132 g/mol. The second-order valence-electron chi connectivity index (χ2n) is 1.71. The summed E-state index contributed by atoms with van der Waals surface area (Å²) in [6.07, 6.45) is 6.13. The van der Waals surface area contributed by atoms with E-state index in [1.54, 1.807) is 18.3 Å². The van der Waals surface area contributed by atoms with E-state index in [2.05, 4.69) is 16.6 Å². The molecule has 0 aliphatic heterocycles. The molecule has 0 saturated carbocycles. The molecule has 0 aromatic rings. The van der Waals surface area contributed by atoms with Crippen molar-refractivity contribution in [3.8, 4) is 0 Å². The van der Waals surface area contributed by atoms with Crippen LogP contribution >= 0.6 is 11.9 Å². The molecule has 0 aliphatic carbocycles. The van der Waals surface area contributed by atoms with Crippen LogP contribution in [0.5, 0.6) is 0 Å². The fourth-order valence-corrected chi connectivity index (χ4v) is 0.584. The highest BCUT2D eigenvalue weighted by molar-refractivity contribution is 7.97. The number of rotatable bonds is 5. The smallest absolute Gasteiger partial charge is 0.0922 e. The Labute approximate surface area is 61.3 Å². The molecule has 0 aromatic heterocycles. The standard InChI is InChI=1S/C6H14N2S/c1-3-4-5-7-6-8-9-2/h6H,3-5H2,1-2H3,(H,7,8). The van der Waals surface area contributed by atoms with Crippen LogP contribution in [0, 0.1) is 0 Å². The summed E-state index contributed by atoms with van der Waals surface area (Å²) in [6.45, 7) is 3.11. The predicted molar refractivity (Wildman–Crippen MR) is 44.9 cm³/mol. The molecule has 0 aliphatic rings. The minimum Gasteiger partial charge on any atom is -0.321 e. The van der Waals surface area contributed by atoms with Gasteiger partial charge in [-0.05, 0) is 6.42 Å². The van der Waals surface area contributed by atoms with E-state index in [1.165, 1.54) is 12.8 Å². The van der Waals surface area contributed by atoms with Gasteiger partial charge in [-0.25, -0.2) is 0 Å². The Balaban J connectivity index is 2.86. The predicted octanol–water partition coefficient (Wildman–Crippen LogP) is 1.68. The highest BCUT2D eigenvalue weighted by Gasteiger charge is 1.75. The molecule has 0 unspecified atom stereocenters. The number of nitrogens with one attached hydrogen (secondary N) is 1. The Morgan fingerprint density at radius 3 is 3.00 bits per heavy atom. The SMILES string of the molecule is CCCCN=CNSC. The molecule has 54 valence electrons. The number of unbranched alkanes of at least 4 members (excludes halogenated alkanes) is 1. The molecule has 0 spiro atoms. The summed E-state index contributed by atoms with van der Waals surface area (Å²) in [4.78, 5) is 4.09. The van der Waals surface area contributed by atoms with Crippen molar-refractivity contribution in [2.24, 2.45) is 4.99 Å². The Morgan fingerprint density at radius 2 is 2.44 bits per heavy atom.